The summed E-state index contributed by atoms with van der Waals surface area (Å²) in [4.78, 5) is 2.46. The molecular weight excluding hydrogens is 615 g/mol. The van der Waals surface area contributed by atoms with Gasteiger partial charge in [-0.1, -0.05) is 133 Å². The molecule has 0 spiro atoms. The van der Waals surface area contributed by atoms with Crippen molar-refractivity contribution in [1.82, 2.24) is 0 Å². The van der Waals surface area contributed by atoms with Crippen LogP contribution in [0.2, 0.25) is 0 Å². The number of thiophene rings is 1. The predicted molar refractivity (Wildman–Crippen MR) is 210 cm³/mol. The molecule has 0 unspecified atom stereocenters. The second-order valence-corrected chi connectivity index (χ2v) is 13.6. The number of nitrogens with zero attached hydrogens (tertiary/aromatic N) is 1. The number of anilines is 3. The zero-order valence-corrected chi connectivity index (χ0v) is 27.3. The number of rotatable bonds is 5. The summed E-state index contributed by atoms with van der Waals surface area (Å²) in [6, 6.07) is 63.2. The summed E-state index contributed by atoms with van der Waals surface area (Å²) < 4.78 is 9.00. The minimum atomic E-state index is 0.911. The third kappa shape index (κ3) is 4.55. The smallest absolute Gasteiger partial charge is 0.143 e. The van der Waals surface area contributed by atoms with Crippen molar-refractivity contribution in [3.05, 3.63) is 176 Å². The van der Waals surface area contributed by atoms with E-state index in [1.807, 2.05) is 23.5 Å². The Hall–Kier alpha value is -6.16. The van der Waals surface area contributed by atoms with Gasteiger partial charge >= 0.3 is 0 Å². The average Bonchev–Trinajstić information content (AvgIpc) is 3.74. The van der Waals surface area contributed by atoms with Gasteiger partial charge in [0.25, 0.3) is 0 Å². The van der Waals surface area contributed by atoms with Crippen molar-refractivity contribution >= 4 is 81.3 Å². The first-order chi connectivity index (χ1) is 24.3. The van der Waals surface area contributed by atoms with Gasteiger partial charge in [-0.05, 0) is 64.5 Å². The van der Waals surface area contributed by atoms with Gasteiger partial charge in [-0.25, -0.2) is 0 Å². The van der Waals surface area contributed by atoms with Crippen molar-refractivity contribution in [2.75, 3.05) is 4.90 Å². The molecule has 0 atom stereocenters. The van der Waals surface area contributed by atoms with Crippen LogP contribution in [0.3, 0.4) is 0 Å². The Bertz CT molecular complexity index is 2830. The molecule has 10 aromatic rings. The zero-order chi connectivity index (χ0) is 32.3. The van der Waals surface area contributed by atoms with Gasteiger partial charge in [0, 0.05) is 48.6 Å². The topological polar surface area (TPSA) is 16.4 Å². The summed E-state index contributed by atoms with van der Waals surface area (Å²) in [5, 5.41) is 7.31. The number of fused-ring (bicyclic) bond motifs is 7. The number of para-hydroxylation sites is 2. The van der Waals surface area contributed by atoms with E-state index in [4.69, 9.17) is 4.42 Å². The van der Waals surface area contributed by atoms with Crippen molar-refractivity contribution in [1.29, 1.82) is 0 Å². The third-order valence-corrected chi connectivity index (χ3v) is 10.8. The molecule has 0 aliphatic heterocycles. The maximum Gasteiger partial charge on any atom is 0.143 e. The Morgan fingerprint density at radius 1 is 0.429 bits per heavy atom. The second kappa shape index (κ2) is 11.2. The van der Waals surface area contributed by atoms with Gasteiger partial charge in [-0.15, -0.1) is 11.3 Å². The standard InChI is InChI=1S/C46H29NOS/c1-2-12-30(13-3-1)32-15-10-16-35(28-32)47(44-36-17-5-4-14-33(36)29-41-39-19-7-9-23-43(39)49-46(41)44)34-26-24-31(25-27-34)37-20-11-21-40-38-18-6-8-22-42(38)48-45(37)40/h1-29H. The Labute approximate surface area is 287 Å². The van der Waals surface area contributed by atoms with Crippen LogP contribution in [0, 0.1) is 0 Å². The van der Waals surface area contributed by atoms with Crippen LogP contribution in [0.4, 0.5) is 17.1 Å². The summed E-state index contributed by atoms with van der Waals surface area (Å²) in [5.41, 5.74) is 9.84. The maximum atomic E-state index is 6.43. The van der Waals surface area contributed by atoms with Crippen LogP contribution in [0.5, 0.6) is 0 Å². The monoisotopic (exact) mass is 643 g/mol. The number of hydrogen-bond donors (Lipinski definition) is 0. The predicted octanol–water partition coefficient (Wildman–Crippen LogP) is 13.9. The fourth-order valence-electron chi connectivity index (χ4n) is 7.35. The molecule has 10 rings (SSSR count). The average molecular weight is 644 g/mol. The Morgan fingerprint density at radius 2 is 1.12 bits per heavy atom. The van der Waals surface area contributed by atoms with E-state index < -0.39 is 0 Å². The molecule has 0 bridgehead atoms. The van der Waals surface area contributed by atoms with E-state index in [9.17, 15) is 0 Å². The van der Waals surface area contributed by atoms with Gasteiger partial charge in [-0.2, -0.15) is 0 Å². The van der Waals surface area contributed by atoms with Crippen molar-refractivity contribution in [3.63, 3.8) is 0 Å². The van der Waals surface area contributed by atoms with E-state index in [1.54, 1.807) is 0 Å². The van der Waals surface area contributed by atoms with Gasteiger partial charge in [0.2, 0.25) is 0 Å². The largest absolute Gasteiger partial charge is 0.455 e. The fourth-order valence-corrected chi connectivity index (χ4v) is 8.58. The lowest BCUT2D eigenvalue weighted by Gasteiger charge is -2.28. The Morgan fingerprint density at radius 3 is 2.00 bits per heavy atom. The van der Waals surface area contributed by atoms with Gasteiger partial charge in [0.1, 0.15) is 11.2 Å². The highest BCUT2D eigenvalue weighted by molar-refractivity contribution is 7.26. The molecule has 49 heavy (non-hydrogen) atoms. The lowest BCUT2D eigenvalue weighted by molar-refractivity contribution is 0.670. The summed E-state index contributed by atoms with van der Waals surface area (Å²) in [5.74, 6) is 0. The van der Waals surface area contributed by atoms with E-state index >= 15 is 0 Å². The molecule has 0 radical (unpaired) electrons. The molecule has 2 aromatic heterocycles. The molecule has 0 aliphatic rings. The minimum absolute atomic E-state index is 0.911. The Kier molecular flexibility index (Phi) is 6.39. The lowest BCUT2D eigenvalue weighted by Crippen LogP contribution is -2.11. The zero-order valence-electron chi connectivity index (χ0n) is 26.5. The van der Waals surface area contributed by atoms with E-state index in [1.165, 1.54) is 47.8 Å². The number of furan rings is 1. The normalized spacial score (nSPS) is 11.7. The van der Waals surface area contributed by atoms with Crippen molar-refractivity contribution < 1.29 is 4.42 Å². The van der Waals surface area contributed by atoms with Crippen LogP contribution >= 0.6 is 11.3 Å². The molecule has 0 aliphatic carbocycles. The van der Waals surface area contributed by atoms with Crippen LogP contribution in [-0.2, 0) is 0 Å². The number of benzene rings is 8. The molecule has 2 nitrogen and oxygen atoms in total. The van der Waals surface area contributed by atoms with Crippen LogP contribution in [0.25, 0.3) is 75.1 Å². The minimum Gasteiger partial charge on any atom is -0.455 e. The van der Waals surface area contributed by atoms with Crippen molar-refractivity contribution in [2.24, 2.45) is 0 Å². The first kappa shape index (κ1) is 27.9. The van der Waals surface area contributed by atoms with Crippen molar-refractivity contribution in [3.8, 4) is 22.3 Å². The fraction of sp³-hybridized carbons (Fsp3) is 0. The number of hydrogen-bond acceptors (Lipinski definition) is 3. The highest BCUT2D eigenvalue weighted by Crippen LogP contribution is 2.49. The first-order valence-corrected chi connectivity index (χ1v) is 17.4. The van der Waals surface area contributed by atoms with Crippen LogP contribution in [0.1, 0.15) is 0 Å². The molecule has 3 heteroatoms. The summed E-state index contributed by atoms with van der Waals surface area (Å²) in [7, 11) is 0. The van der Waals surface area contributed by atoms with E-state index in [2.05, 4.69) is 169 Å². The van der Waals surface area contributed by atoms with Gasteiger partial charge in [0.05, 0.1) is 10.4 Å². The van der Waals surface area contributed by atoms with Gasteiger partial charge in [-0.3, -0.25) is 0 Å². The summed E-state index contributed by atoms with van der Waals surface area (Å²) >= 11 is 1.87. The molecule has 230 valence electrons. The summed E-state index contributed by atoms with van der Waals surface area (Å²) in [6.07, 6.45) is 0. The Balaban J connectivity index is 1.22. The molecule has 0 amide bonds. The van der Waals surface area contributed by atoms with Gasteiger partial charge < -0.3 is 9.32 Å². The molecule has 0 saturated carbocycles. The maximum absolute atomic E-state index is 6.43. The highest BCUT2D eigenvalue weighted by atomic mass is 32.1. The third-order valence-electron chi connectivity index (χ3n) is 9.64. The molecule has 0 saturated heterocycles. The lowest BCUT2D eigenvalue weighted by atomic mass is 9.99. The molecule has 8 aromatic carbocycles. The molecule has 2 heterocycles. The first-order valence-electron chi connectivity index (χ1n) is 16.6. The highest BCUT2D eigenvalue weighted by Gasteiger charge is 2.22. The summed E-state index contributed by atoms with van der Waals surface area (Å²) in [6.45, 7) is 0. The van der Waals surface area contributed by atoms with E-state index in [0.717, 1.165) is 44.4 Å². The van der Waals surface area contributed by atoms with Crippen LogP contribution < -0.4 is 4.90 Å². The van der Waals surface area contributed by atoms with Crippen LogP contribution in [0.15, 0.2) is 180 Å². The van der Waals surface area contributed by atoms with Crippen molar-refractivity contribution in [2.45, 2.75) is 0 Å². The van der Waals surface area contributed by atoms with Crippen LogP contribution in [-0.4, -0.2) is 0 Å². The quantitative estimate of drug-likeness (QED) is 0.186. The van der Waals surface area contributed by atoms with E-state index in [0.29, 0.717) is 0 Å². The van der Waals surface area contributed by atoms with E-state index in [-0.39, 0.29) is 0 Å². The second-order valence-electron chi connectivity index (χ2n) is 12.5. The molecular formula is C46H29NOS. The van der Waals surface area contributed by atoms with Gasteiger partial charge in [0.15, 0.2) is 0 Å². The molecule has 0 fully saturated rings. The SMILES string of the molecule is c1ccc(-c2cccc(N(c3ccc(-c4cccc5c4oc4ccccc45)cc3)c3c4ccccc4cc4c3sc3ccccc34)c2)cc1. The molecule has 0 N–H and O–H groups in total.